The van der Waals surface area contributed by atoms with Crippen molar-refractivity contribution < 1.29 is 34.1 Å². The number of hydrogen-bond acceptors (Lipinski definition) is 11. The first-order valence-electron chi connectivity index (χ1n) is 10.3. The quantitative estimate of drug-likeness (QED) is 0.0974. The van der Waals surface area contributed by atoms with Crippen LogP contribution in [0.3, 0.4) is 0 Å². The number of nitrogens with two attached hydrogens (primary N) is 2. The fraction of sp³-hybridized carbons (Fsp3) is 0.190. The summed E-state index contributed by atoms with van der Waals surface area (Å²) in [5.41, 5.74) is 10.8. The Kier molecular flexibility index (Phi) is 7.03. The Balaban J connectivity index is 1.46. The van der Waals surface area contributed by atoms with E-state index in [1.165, 1.54) is 17.1 Å². The molecule has 0 saturated carbocycles. The van der Waals surface area contributed by atoms with E-state index in [1.54, 1.807) is 41.2 Å². The fourth-order valence-corrected chi connectivity index (χ4v) is 5.51. The van der Waals surface area contributed by atoms with Crippen LogP contribution in [0.25, 0.3) is 0 Å². The van der Waals surface area contributed by atoms with Crippen LogP contribution in [0.5, 0.6) is 0 Å². The third kappa shape index (κ3) is 4.78. The van der Waals surface area contributed by atoms with Gasteiger partial charge in [-0.3, -0.25) is 19.3 Å². The number of pyridine rings is 1. The summed E-state index contributed by atoms with van der Waals surface area (Å²) in [6.45, 7) is 0.369. The van der Waals surface area contributed by atoms with Crippen LogP contribution < -0.4 is 26.5 Å². The maximum atomic E-state index is 12.8. The minimum absolute atomic E-state index is 0.0438. The second-order valence-electron chi connectivity index (χ2n) is 7.59. The average Bonchev–Trinajstić information content (AvgIpc) is 3.28. The number of β-lactam (4-membered cyclic amide) rings is 1. The number of nitrogens with zero attached hydrogens (tertiary/aromatic N) is 4. The average molecular weight is 530 g/mol. The number of thiazole rings is 1. The van der Waals surface area contributed by atoms with Gasteiger partial charge in [0.15, 0.2) is 29.8 Å². The molecule has 0 aromatic carbocycles. The molecule has 1 saturated heterocycles. The van der Waals surface area contributed by atoms with Gasteiger partial charge in [-0.15, -0.1) is 23.1 Å². The van der Waals surface area contributed by atoms with Crippen LogP contribution in [0.4, 0.5) is 5.13 Å². The van der Waals surface area contributed by atoms with Crippen LogP contribution in [0.1, 0.15) is 16.1 Å². The lowest BCUT2D eigenvalue weighted by molar-refractivity contribution is -0.687. The maximum Gasteiger partial charge on any atom is 0.276 e. The summed E-state index contributed by atoms with van der Waals surface area (Å²) in [7, 11) is 0. The summed E-state index contributed by atoms with van der Waals surface area (Å²) in [6, 6.07) is 2.09. The molecule has 2 aliphatic rings. The van der Waals surface area contributed by atoms with Crippen molar-refractivity contribution in [3.63, 3.8) is 0 Å². The number of allylic oxidation sites excluding steroid dienone is 2. The van der Waals surface area contributed by atoms with E-state index in [2.05, 4.69) is 15.5 Å². The molecular formula is C21H19N7O6S2. The first-order chi connectivity index (χ1) is 17.2. The van der Waals surface area contributed by atoms with Gasteiger partial charge in [0.2, 0.25) is 5.91 Å². The highest BCUT2D eigenvalue weighted by atomic mass is 32.2. The number of nitrogen functional groups attached to an aromatic ring is 1. The van der Waals surface area contributed by atoms with Crippen LogP contribution in [0.15, 0.2) is 58.5 Å². The number of rotatable bonds is 8. The van der Waals surface area contributed by atoms with Crippen LogP contribution in [-0.2, 0) is 20.9 Å². The van der Waals surface area contributed by atoms with Crippen LogP contribution in [-0.4, -0.2) is 61.7 Å². The molecule has 1 fully saturated rings. The van der Waals surface area contributed by atoms with E-state index in [4.69, 9.17) is 11.5 Å². The number of carboxylic acid groups (broad SMARTS) is 1. The summed E-state index contributed by atoms with van der Waals surface area (Å²) in [6.07, 6.45) is 6.60. The van der Waals surface area contributed by atoms with Crippen LogP contribution in [0, 0.1) is 0 Å². The largest absolute Gasteiger partial charge is 0.543 e. The molecule has 13 nitrogen and oxygen atoms in total. The number of nitrogens with one attached hydrogen (secondary N) is 1. The van der Waals surface area contributed by atoms with Gasteiger partial charge >= 0.3 is 0 Å². The molecule has 15 heteroatoms. The standard InChI is InChI=1S/C21H19N7O6S2/c22-16(29)10-3-6-27(7-4-10)5-1-2-11-8-35-19-14(18(31)28(19)15(11)20(32)33)25-17(30)13(26-34)12-9-36-21(23)24-12/h1-4,6-7,9,14,19H,5,8H2,(H6-,22,23,24,25,29,30,32,33,34)/b2-1+/t14-,19+/m1/s1. The minimum atomic E-state index is -1.52. The van der Waals surface area contributed by atoms with Gasteiger partial charge < -0.3 is 31.9 Å². The van der Waals surface area contributed by atoms with Gasteiger partial charge in [0.1, 0.15) is 17.1 Å². The first kappa shape index (κ1) is 24.9. The number of hydrogen-bond donors (Lipinski definition) is 4. The van der Waals surface area contributed by atoms with Gasteiger partial charge in [-0.2, -0.15) is 0 Å². The summed E-state index contributed by atoms with van der Waals surface area (Å²) in [4.78, 5) is 53.4. The zero-order chi connectivity index (χ0) is 26.0. The molecule has 36 heavy (non-hydrogen) atoms. The molecule has 0 radical (unpaired) electrons. The SMILES string of the molecule is NC(=O)c1cc[n+](C/C=C/C2=C(C(=O)[O-])N3C(=O)[C@@H](NC(=O)C(=NO)c4csc(N)n4)[C@@H]3SC2)cc1. The molecule has 2 aromatic heterocycles. The molecule has 2 atom stereocenters. The zero-order valence-electron chi connectivity index (χ0n) is 18.4. The van der Waals surface area contributed by atoms with Crippen molar-refractivity contribution in [3.05, 3.63) is 64.6 Å². The van der Waals surface area contributed by atoms with E-state index >= 15 is 0 Å². The lowest BCUT2D eigenvalue weighted by Crippen LogP contribution is -2.71. The summed E-state index contributed by atoms with van der Waals surface area (Å²) < 4.78 is 1.75. The molecule has 0 bridgehead atoms. The first-order valence-corrected chi connectivity index (χ1v) is 12.2. The van der Waals surface area contributed by atoms with Gasteiger partial charge in [-0.1, -0.05) is 11.2 Å². The van der Waals surface area contributed by atoms with Crippen molar-refractivity contribution in [1.82, 2.24) is 15.2 Å². The third-order valence-corrected chi connectivity index (χ3v) is 7.34. The Labute approximate surface area is 211 Å². The van der Waals surface area contributed by atoms with Gasteiger partial charge in [0.05, 0.1) is 17.2 Å². The monoisotopic (exact) mass is 529 g/mol. The number of thioether (sulfide) groups is 1. The van der Waals surface area contributed by atoms with Crippen molar-refractivity contribution in [2.75, 3.05) is 11.5 Å². The number of aliphatic carboxylic acids is 1. The number of anilines is 1. The normalized spacial score (nSPS) is 19.7. The highest BCUT2D eigenvalue weighted by molar-refractivity contribution is 8.00. The molecule has 0 aliphatic carbocycles. The van der Waals surface area contributed by atoms with Crippen molar-refractivity contribution >= 4 is 57.6 Å². The molecule has 4 rings (SSSR count). The second kappa shape index (κ2) is 10.2. The lowest BCUT2D eigenvalue weighted by Gasteiger charge is -2.50. The number of carboxylic acids is 1. The smallest absolute Gasteiger partial charge is 0.276 e. The summed E-state index contributed by atoms with van der Waals surface area (Å²) in [5, 5.41) is 27.5. The third-order valence-electron chi connectivity index (χ3n) is 5.37. The summed E-state index contributed by atoms with van der Waals surface area (Å²) >= 11 is 2.31. The molecule has 3 amide bonds. The van der Waals surface area contributed by atoms with Crippen LogP contribution in [0.2, 0.25) is 0 Å². The summed E-state index contributed by atoms with van der Waals surface area (Å²) in [5.74, 6) is -3.32. The Morgan fingerprint density at radius 3 is 2.67 bits per heavy atom. The highest BCUT2D eigenvalue weighted by Crippen LogP contribution is 2.40. The van der Waals surface area contributed by atoms with Gasteiger partial charge in [-0.25, -0.2) is 9.55 Å². The molecule has 4 heterocycles. The van der Waals surface area contributed by atoms with Crippen LogP contribution >= 0.6 is 23.1 Å². The Hall–Kier alpha value is -4.24. The Morgan fingerprint density at radius 2 is 2.08 bits per heavy atom. The van der Waals surface area contributed by atoms with Crippen molar-refractivity contribution in [1.29, 1.82) is 0 Å². The number of primary amides is 1. The molecular weight excluding hydrogens is 510 g/mol. The number of amides is 3. The molecule has 6 N–H and O–H groups in total. The topological polar surface area (TPSA) is 208 Å². The zero-order valence-corrected chi connectivity index (χ0v) is 20.0. The van der Waals surface area contributed by atoms with E-state index in [0.29, 0.717) is 17.7 Å². The molecule has 2 aliphatic heterocycles. The van der Waals surface area contributed by atoms with E-state index in [1.807, 2.05) is 0 Å². The van der Waals surface area contributed by atoms with Gasteiger partial charge in [0.25, 0.3) is 11.8 Å². The van der Waals surface area contributed by atoms with Gasteiger partial charge in [-0.05, 0) is 11.6 Å². The van der Waals surface area contributed by atoms with Crippen molar-refractivity contribution in [3.8, 4) is 0 Å². The van der Waals surface area contributed by atoms with E-state index in [-0.39, 0.29) is 22.3 Å². The minimum Gasteiger partial charge on any atom is -0.543 e. The number of oxime groups is 1. The second-order valence-corrected chi connectivity index (χ2v) is 9.59. The van der Waals surface area contributed by atoms with E-state index in [0.717, 1.165) is 16.2 Å². The number of carbonyl (C=O) groups excluding carboxylic acids is 4. The van der Waals surface area contributed by atoms with Gasteiger partial charge in [0, 0.05) is 23.3 Å². The molecule has 0 unspecified atom stereocenters. The number of aromatic nitrogens is 2. The number of carbonyl (C=O) groups is 4. The fourth-order valence-electron chi connectivity index (χ4n) is 3.64. The number of fused-ring (bicyclic) bond motifs is 1. The lowest BCUT2D eigenvalue weighted by atomic mass is 10.0. The highest BCUT2D eigenvalue weighted by Gasteiger charge is 2.53. The van der Waals surface area contributed by atoms with E-state index < -0.39 is 40.8 Å². The Bertz CT molecular complexity index is 1330. The molecule has 2 aromatic rings. The predicted octanol–water partition coefficient (Wildman–Crippen LogP) is -2.05. The molecule has 0 spiro atoms. The van der Waals surface area contributed by atoms with E-state index in [9.17, 15) is 29.5 Å². The Morgan fingerprint density at radius 1 is 1.36 bits per heavy atom. The predicted molar refractivity (Wildman–Crippen MR) is 126 cm³/mol. The molecule has 186 valence electrons. The van der Waals surface area contributed by atoms with Crippen molar-refractivity contribution in [2.24, 2.45) is 10.9 Å². The van der Waals surface area contributed by atoms with Crippen molar-refractivity contribution in [2.45, 2.75) is 18.0 Å². The maximum absolute atomic E-state index is 12.8.